The molecule has 3 rings (SSSR count). The Hall–Kier alpha value is -2.71. The molecule has 0 atom stereocenters. The summed E-state index contributed by atoms with van der Waals surface area (Å²) < 4.78 is 6.45. The van der Waals surface area contributed by atoms with Crippen molar-refractivity contribution in [1.29, 1.82) is 0 Å². The molecule has 0 aliphatic heterocycles. The number of amides is 1. The van der Waals surface area contributed by atoms with E-state index in [1.54, 1.807) is 18.2 Å². The van der Waals surface area contributed by atoms with E-state index in [0.29, 0.717) is 27.4 Å². The van der Waals surface area contributed by atoms with Gasteiger partial charge in [0.05, 0.1) is 17.9 Å². The van der Waals surface area contributed by atoms with Crippen LogP contribution in [-0.4, -0.2) is 33.6 Å². The summed E-state index contributed by atoms with van der Waals surface area (Å²) in [4.78, 5) is 12.1. The quantitative estimate of drug-likeness (QED) is 0.497. The Morgan fingerprint density at radius 1 is 1.27 bits per heavy atom. The van der Waals surface area contributed by atoms with Crippen molar-refractivity contribution in [2.45, 2.75) is 5.16 Å². The minimum absolute atomic E-state index is 0.133. The molecule has 0 aliphatic rings. The number of nitrogen functional groups attached to an aromatic ring is 1. The fraction of sp³-hybridized carbons (Fsp3) is 0.118. The van der Waals surface area contributed by atoms with Gasteiger partial charge in [0.25, 0.3) is 0 Å². The van der Waals surface area contributed by atoms with Crippen molar-refractivity contribution in [3.05, 3.63) is 53.6 Å². The van der Waals surface area contributed by atoms with E-state index in [0.717, 1.165) is 5.56 Å². The van der Waals surface area contributed by atoms with Crippen LogP contribution >= 0.6 is 23.4 Å². The Bertz CT molecular complexity index is 917. The number of rotatable bonds is 6. The van der Waals surface area contributed by atoms with Gasteiger partial charge in [-0.25, -0.2) is 4.68 Å². The minimum atomic E-state index is -0.208. The van der Waals surface area contributed by atoms with Gasteiger partial charge in [-0.05, 0) is 18.2 Å². The molecular formula is C17H16ClN5O2S. The molecule has 0 saturated carbocycles. The number of anilines is 1. The van der Waals surface area contributed by atoms with Crippen molar-refractivity contribution in [2.75, 3.05) is 24.0 Å². The number of ether oxygens (including phenoxy) is 1. The molecule has 0 saturated heterocycles. The van der Waals surface area contributed by atoms with Gasteiger partial charge >= 0.3 is 0 Å². The number of benzene rings is 2. The number of hydrogen-bond donors (Lipinski definition) is 2. The van der Waals surface area contributed by atoms with Gasteiger partial charge in [0, 0.05) is 11.3 Å². The zero-order chi connectivity index (χ0) is 18.5. The van der Waals surface area contributed by atoms with Crippen LogP contribution in [0.5, 0.6) is 5.75 Å². The van der Waals surface area contributed by atoms with Crippen molar-refractivity contribution in [3.8, 4) is 17.1 Å². The highest BCUT2D eigenvalue weighted by Gasteiger charge is 2.14. The summed E-state index contributed by atoms with van der Waals surface area (Å²) in [6.07, 6.45) is 0. The summed E-state index contributed by atoms with van der Waals surface area (Å²) in [6.45, 7) is 0. The summed E-state index contributed by atoms with van der Waals surface area (Å²) in [7, 11) is 1.53. The molecule has 0 unspecified atom stereocenters. The lowest BCUT2D eigenvalue weighted by Gasteiger charge is -2.08. The summed E-state index contributed by atoms with van der Waals surface area (Å²) in [6, 6.07) is 14.5. The first-order chi connectivity index (χ1) is 12.6. The van der Waals surface area contributed by atoms with E-state index in [1.807, 2.05) is 30.3 Å². The van der Waals surface area contributed by atoms with Gasteiger partial charge < -0.3 is 15.9 Å². The molecule has 0 bridgehead atoms. The van der Waals surface area contributed by atoms with Crippen LogP contribution in [0.25, 0.3) is 11.4 Å². The number of nitrogens with two attached hydrogens (primary N) is 1. The summed E-state index contributed by atoms with van der Waals surface area (Å²) in [5.74, 6) is 7.04. The van der Waals surface area contributed by atoms with Crippen LogP contribution in [0, 0.1) is 0 Å². The largest absolute Gasteiger partial charge is 0.495 e. The lowest BCUT2D eigenvalue weighted by Crippen LogP contribution is -2.16. The number of carbonyl (C=O) groups is 1. The van der Waals surface area contributed by atoms with Crippen LogP contribution < -0.4 is 15.9 Å². The predicted molar refractivity (Wildman–Crippen MR) is 103 cm³/mol. The zero-order valence-corrected chi connectivity index (χ0v) is 15.4. The van der Waals surface area contributed by atoms with Gasteiger partial charge in [-0.3, -0.25) is 4.79 Å². The van der Waals surface area contributed by atoms with Gasteiger partial charge in [-0.2, -0.15) is 0 Å². The van der Waals surface area contributed by atoms with Crippen LogP contribution in [0.1, 0.15) is 0 Å². The first-order valence-electron chi connectivity index (χ1n) is 7.60. The maximum absolute atomic E-state index is 12.1. The average molecular weight is 390 g/mol. The van der Waals surface area contributed by atoms with Gasteiger partial charge in [-0.1, -0.05) is 53.7 Å². The Morgan fingerprint density at radius 2 is 2.04 bits per heavy atom. The molecule has 1 amide bonds. The summed E-state index contributed by atoms with van der Waals surface area (Å²) in [5.41, 5.74) is 1.44. The molecule has 9 heteroatoms. The molecular weight excluding hydrogens is 374 g/mol. The molecule has 3 aromatic rings. The Labute approximate surface area is 159 Å². The molecule has 2 aromatic carbocycles. The van der Waals surface area contributed by atoms with E-state index in [9.17, 15) is 4.79 Å². The number of thioether (sulfide) groups is 1. The highest BCUT2D eigenvalue weighted by atomic mass is 35.5. The van der Waals surface area contributed by atoms with E-state index >= 15 is 0 Å². The van der Waals surface area contributed by atoms with Crippen molar-refractivity contribution < 1.29 is 9.53 Å². The third-order valence-corrected chi connectivity index (χ3v) is 4.70. The topological polar surface area (TPSA) is 95.1 Å². The van der Waals surface area contributed by atoms with Crippen LogP contribution in [0.4, 0.5) is 5.69 Å². The highest BCUT2D eigenvalue weighted by molar-refractivity contribution is 7.99. The summed E-state index contributed by atoms with van der Waals surface area (Å²) >= 11 is 7.24. The van der Waals surface area contributed by atoms with Crippen molar-refractivity contribution >= 4 is 35.0 Å². The normalized spacial score (nSPS) is 10.5. The van der Waals surface area contributed by atoms with Gasteiger partial charge in [0.2, 0.25) is 11.1 Å². The predicted octanol–water partition coefficient (Wildman–Crippen LogP) is 3.05. The van der Waals surface area contributed by atoms with E-state index in [4.69, 9.17) is 22.2 Å². The van der Waals surface area contributed by atoms with Crippen LogP contribution in [0.3, 0.4) is 0 Å². The average Bonchev–Trinajstić information content (AvgIpc) is 3.01. The Kier molecular flexibility index (Phi) is 5.65. The fourth-order valence-corrected chi connectivity index (χ4v) is 3.15. The molecule has 1 heterocycles. The second kappa shape index (κ2) is 8.11. The fourth-order valence-electron chi connectivity index (χ4n) is 2.23. The molecule has 3 N–H and O–H groups in total. The number of nitrogens with zero attached hydrogens (tertiary/aromatic N) is 3. The molecule has 134 valence electrons. The number of hydrogen-bond acceptors (Lipinski definition) is 6. The number of methoxy groups -OCH3 is 1. The van der Waals surface area contributed by atoms with Crippen molar-refractivity contribution in [1.82, 2.24) is 14.9 Å². The van der Waals surface area contributed by atoms with Crippen LogP contribution in [0.2, 0.25) is 5.02 Å². The maximum Gasteiger partial charge on any atom is 0.234 e. The highest BCUT2D eigenvalue weighted by Crippen LogP contribution is 2.27. The van der Waals surface area contributed by atoms with Gasteiger partial charge in [-0.15, -0.1) is 10.2 Å². The monoisotopic (exact) mass is 389 g/mol. The van der Waals surface area contributed by atoms with Crippen LogP contribution in [0.15, 0.2) is 53.7 Å². The Morgan fingerprint density at radius 3 is 2.73 bits per heavy atom. The molecule has 0 spiro atoms. The first kappa shape index (κ1) is 18.1. The van der Waals surface area contributed by atoms with Crippen LogP contribution in [-0.2, 0) is 4.79 Å². The molecule has 0 aliphatic carbocycles. The minimum Gasteiger partial charge on any atom is -0.495 e. The number of halogens is 1. The van der Waals surface area contributed by atoms with Crippen molar-refractivity contribution in [2.24, 2.45) is 0 Å². The molecule has 0 fully saturated rings. The SMILES string of the molecule is COc1ccc(NC(=O)CSc2nnc(-c3ccccc3)n2N)cc1Cl. The smallest absolute Gasteiger partial charge is 0.234 e. The van der Waals surface area contributed by atoms with Gasteiger partial charge in [0.1, 0.15) is 5.75 Å². The molecule has 7 nitrogen and oxygen atoms in total. The zero-order valence-electron chi connectivity index (χ0n) is 13.8. The molecule has 1 aromatic heterocycles. The maximum atomic E-state index is 12.1. The first-order valence-corrected chi connectivity index (χ1v) is 8.97. The van der Waals surface area contributed by atoms with Crippen molar-refractivity contribution in [3.63, 3.8) is 0 Å². The van der Waals surface area contributed by atoms with Gasteiger partial charge in [0.15, 0.2) is 5.82 Å². The third-order valence-electron chi connectivity index (χ3n) is 3.46. The lowest BCUT2D eigenvalue weighted by molar-refractivity contribution is -0.113. The second-order valence-electron chi connectivity index (χ2n) is 5.23. The molecule has 26 heavy (non-hydrogen) atoms. The number of aromatic nitrogens is 3. The summed E-state index contributed by atoms with van der Waals surface area (Å²) in [5, 5.41) is 11.8. The van der Waals surface area contributed by atoms with E-state index in [2.05, 4.69) is 15.5 Å². The number of nitrogens with one attached hydrogen (secondary N) is 1. The molecule has 0 radical (unpaired) electrons. The third kappa shape index (κ3) is 4.09. The standard InChI is InChI=1S/C17H16ClN5O2S/c1-25-14-8-7-12(9-13(14)18)20-15(24)10-26-17-22-21-16(23(17)19)11-5-3-2-4-6-11/h2-9H,10,19H2,1H3,(H,20,24). The second-order valence-corrected chi connectivity index (χ2v) is 6.58. The van der Waals surface area contributed by atoms with E-state index in [1.165, 1.54) is 23.5 Å². The van der Waals surface area contributed by atoms with E-state index < -0.39 is 0 Å². The Balaban J connectivity index is 1.62. The van der Waals surface area contributed by atoms with E-state index in [-0.39, 0.29) is 11.7 Å². The number of carbonyl (C=O) groups excluding carboxylic acids is 1. The lowest BCUT2D eigenvalue weighted by atomic mass is 10.2.